The van der Waals surface area contributed by atoms with Crippen LogP contribution >= 0.6 is 11.3 Å². The minimum Gasteiger partial charge on any atom is -0.307 e. The van der Waals surface area contributed by atoms with Gasteiger partial charge in [0.05, 0.1) is 11.7 Å². The van der Waals surface area contributed by atoms with E-state index in [4.69, 9.17) is 4.98 Å². The van der Waals surface area contributed by atoms with Crippen molar-refractivity contribution in [2.24, 2.45) is 0 Å². The largest absolute Gasteiger partial charge is 0.307 e. The van der Waals surface area contributed by atoms with E-state index in [2.05, 4.69) is 38.2 Å². The second kappa shape index (κ2) is 5.90. The molecule has 1 heterocycles. The van der Waals surface area contributed by atoms with E-state index in [1.54, 1.807) is 0 Å². The fraction of sp³-hybridized carbons (Fsp3) is 0.500. The molecule has 0 amide bonds. The molecular weight excluding hydrogens is 276 g/mol. The van der Waals surface area contributed by atoms with E-state index in [1.807, 2.05) is 18.4 Å². The molecule has 3 rings (SSSR count). The van der Waals surface area contributed by atoms with Crippen molar-refractivity contribution in [3.63, 3.8) is 0 Å². The summed E-state index contributed by atoms with van der Waals surface area (Å²) < 4.78 is 0. The highest BCUT2D eigenvalue weighted by atomic mass is 32.1. The minimum absolute atomic E-state index is 0.223. The minimum atomic E-state index is 0.223. The van der Waals surface area contributed by atoms with Gasteiger partial charge in [-0.2, -0.15) is 0 Å². The summed E-state index contributed by atoms with van der Waals surface area (Å²) in [6.07, 6.45) is 4.99. The van der Waals surface area contributed by atoms with Crippen LogP contribution in [0.1, 0.15) is 56.7 Å². The van der Waals surface area contributed by atoms with E-state index in [0.717, 1.165) is 6.42 Å². The number of aryl methyl sites for hydroxylation is 5. The molecule has 1 aliphatic carbocycles. The Hall–Kier alpha value is -1.19. The second-order valence-corrected chi connectivity index (χ2v) is 7.28. The predicted octanol–water partition coefficient (Wildman–Crippen LogP) is 4.26. The SMILES string of the molecule is CNC(c1nc2c(s1)CCCC2)c1c(C)cc(C)cc1C. The molecule has 1 atom stereocenters. The van der Waals surface area contributed by atoms with Crippen molar-refractivity contribution in [1.82, 2.24) is 10.3 Å². The Balaban J connectivity index is 2.04. The van der Waals surface area contributed by atoms with E-state index in [0.29, 0.717) is 0 Å². The number of nitrogens with zero attached hydrogens (tertiary/aromatic N) is 1. The summed E-state index contributed by atoms with van der Waals surface area (Å²) in [5.41, 5.74) is 6.81. The van der Waals surface area contributed by atoms with Gasteiger partial charge in [-0.3, -0.25) is 0 Å². The molecule has 3 heteroatoms. The van der Waals surface area contributed by atoms with E-state index in [1.165, 1.54) is 57.1 Å². The lowest BCUT2D eigenvalue weighted by atomic mass is 9.94. The second-order valence-electron chi connectivity index (χ2n) is 6.16. The van der Waals surface area contributed by atoms with Gasteiger partial charge < -0.3 is 5.32 Å². The Morgan fingerprint density at radius 1 is 1.10 bits per heavy atom. The summed E-state index contributed by atoms with van der Waals surface area (Å²) >= 11 is 1.91. The maximum absolute atomic E-state index is 4.96. The van der Waals surface area contributed by atoms with Crippen LogP contribution in [-0.2, 0) is 12.8 Å². The number of nitrogens with one attached hydrogen (secondary N) is 1. The van der Waals surface area contributed by atoms with Gasteiger partial charge in [-0.05, 0) is 70.2 Å². The lowest BCUT2D eigenvalue weighted by Crippen LogP contribution is -2.20. The molecule has 1 aliphatic rings. The number of hydrogen-bond acceptors (Lipinski definition) is 3. The van der Waals surface area contributed by atoms with Gasteiger partial charge in [0.2, 0.25) is 0 Å². The summed E-state index contributed by atoms with van der Waals surface area (Å²) in [4.78, 5) is 6.47. The number of thiazole rings is 1. The zero-order chi connectivity index (χ0) is 15.0. The molecule has 0 fully saturated rings. The molecule has 2 aromatic rings. The van der Waals surface area contributed by atoms with Crippen LogP contribution in [0, 0.1) is 20.8 Å². The first-order chi connectivity index (χ1) is 10.1. The molecule has 2 nitrogen and oxygen atoms in total. The summed E-state index contributed by atoms with van der Waals surface area (Å²) in [5, 5.41) is 4.73. The first kappa shape index (κ1) is 14.7. The fourth-order valence-corrected chi connectivity index (χ4v) is 4.81. The lowest BCUT2D eigenvalue weighted by molar-refractivity contribution is 0.657. The highest BCUT2D eigenvalue weighted by Crippen LogP contribution is 2.34. The molecule has 0 aliphatic heterocycles. The van der Waals surface area contributed by atoms with Crippen molar-refractivity contribution in [3.05, 3.63) is 50.0 Å². The van der Waals surface area contributed by atoms with Gasteiger partial charge in [-0.1, -0.05) is 17.7 Å². The quantitative estimate of drug-likeness (QED) is 0.916. The smallest absolute Gasteiger partial charge is 0.115 e. The Kier molecular flexibility index (Phi) is 4.14. The van der Waals surface area contributed by atoms with Crippen LogP contribution in [0.5, 0.6) is 0 Å². The van der Waals surface area contributed by atoms with Crippen molar-refractivity contribution < 1.29 is 0 Å². The van der Waals surface area contributed by atoms with Gasteiger partial charge in [0.1, 0.15) is 5.01 Å². The van der Waals surface area contributed by atoms with Gasteiger partial charge >= 0.3 is 0 Å². The van der Waals surface area contributed by atoms with Crippen LogP contribution in [0.4, 0.5) is 0 Å². The van der Waals surface area contributed by atoms with E-state index in [-0.39, 0.29) is 6.04 Å². The fourth-order valence-electron chi connectivity index (χ4n) is 3.53. The third-order valence-electron chi connectivity index (χ3n) is 4.42. The zero-order valence-electron chi connectivity index (χ0n) is 13.4. The van der Waals surface area contributed by atoms with Crippen molar-refractivity contribution in [2.75, 3.05) is 7.05 Å². The first-order valence-corrected chi connectivity index (χ1v) is 8.65. The molecule has 21 heavy (non-hydrogen) atoms. The molecule has 1 N–H and O–H groups in total. The van der Waals surface area contributed by atoms with Crippen LogP contribution in [-0.4, -0.2) is 12.0 Å². The van der Waals surface area contributed by atoms with Gasteiger partial charge in [0.15, 0.2) is 0 Å². The number of fused-ring (bicyclic) bond motifs is 1. The van der Waals surface area contributed by atoms with Crippen molar-refractivity contribution in [3.8, 4) is 0 Å². The summed E-state index contributed by atoms with van der Waals surface area (Å²) in [5.74, 6) is 0. The molecule has 112 valence electrons. The summed E-state index contributed by atoms with van der Waals surface area (Å²) in [6, 6.07) is 4.78. The van der Waals surface area contributed by atoms with Gasteiger partial charge in [0, 0.05) is 4.88 Å². The molecule has 0 bridgehead atoms. The average Bonchev–Trinajstić information content (AvgIpc) is 2.85. The standard InChI is InChI=1S/C18H24N2S/c1-11-9-12(2)16(13(3)10-11)17(19-4)18-20-14-7-5-6-8-15(14)21-18/h9-10,17,19H,5-8H2,1-4H3. The molecule has 1 aromatic heterocycles. The highest BCUT2D eigenvalue weighted by molar-refractivity contribution is 7.11. The maximum Gasteiger partial charge on any atom is 0.115 e. The summed E-state index contributed by atoms with van der Waals surface area (Å²) in [7, 11) is 2.05. The van der Waals surface area contributed by atoms with E-state index in [9.17, 15) is 0 Å². The Bertz CT molecular complexity index is 611. The van der Waals surface area contributed by atoms with Gasteiger partial charge in [-0.15, -0.1) is 11.3 Å². The van der Waals surface area contributed by atoms with E-state index >= 15 is 0 Å². The predicted molar refractivity (Wildman–Crippen MR) is 90.3 cm³/mol. The number of benzene rings is 1. The highest BCUT2D eigenvalue weighted by Gasteiger charge is 2.23. The Morgan fingerprint density at radius 3 is 2.38 bits per heavy atom. The van der Waals surface area contributed by atoms with Crippen LogP contribution < -0.4 is 5.32 Å². The van der Waals surface area contributed by atoms with Crippen molar-refractivity contribution in [2.45, 2.75) is 52.5 Å². The molecule has 0 spiro atoms. The molecule has 0 saturated heterocycles. The Labute approximate surface area is 131 Å². The van der Waals surface area contributed by atoms with Gasteiger partial charge in [0.25, 0.3) is 0 Å². The monoisotopic (exact) mass is 300 g/mol. The average molecular weight is 300 g/mol. The van der Waals surface area contributed by atoms with Crippen LogP contribution in [0.3, 0.4) is 0 Å². The Morgan fingerprint density at radius 2 is 1.76 bits per heavy atom. The van der Waals surface area contributed by atoms with E-state index < -0.39 is 0 Å². The first-order valence-electron chi connectivity index (χ1n) is 7.83. The maximum atomic E-state index is 4.96. The topological polar surface area (TPSA) is 24.9 Å². The van der Waals surface area contributed by atoms with Crippen LogP contribution in [0.15, 0.2) is 12.1 Å². The molecule has 0 saturated carbocycles. The number of rotatable bonds is 3. The van der Waals surface area contributed by atoms with Crippen molar-refractivity contribution in [1.29, 1.82) is 0 Å². The zero-order valence-corrected chi connectivity index (χ0v) is 14.2. The lowest BCUT2D eigenvalue weighted by Gasteiger charge is -2.20. The normalized spacial score (nSPS) is 15.8. The molecule has 1 aromatic carbocycles. The molecule has 0 radical (unpaired) electrons. The molecular formula is C18H24N2S. The van der Waals surface area contributed by atoms with Crippen LogP contribution in [0.2, 0.25) is 0 Å². The van der Waals surface area contributed by atoms with Gasteiger partial charge in [-0.25, -0.2) is 4.98 Å². The molecule has 1 unspecified atom stereocenters. The number of hydrogen-bond donors (Lipinski definition) is 1. The summed E-state index contributed by atoms with van der Waals surface area (Å²) in [6.45, 7) is 6.60. The number of aromatic nitrogens is 1. The third kappa shape index (κ3) is 2.77. The van der Waals surface area contributed by atoms with Crippen LogP contribution in [0.25, 0.3) is 0 Å². The van der Waals surface area contributed by atoms with Crippen molar-refractivity contribution >= 4 is 11.3 Å². The third-order valence-corrected chi connectivity index (χ3v) is 5.65.